The van der Waals surface area contributed by atoms with Crippen molar-refractivity contribution in [1.29, 1.82) is 0 Å². The van der Waals surface area contributed by atoms with E-state index in [4.69, 9.17) is 0 Å². The van der Waals surface area contributed by atoms with Crippen molar-refractivity contribution in [2.75, 3.05) is 0 Å². The van der Waals surface area contributed by atoms with Crippen molar-refractivity contribution in [3.8, 4) is 0 Å². The van der Waals surface area contributed by atoms with Gasteiger partial charge in [0.25, 0.3) is 0 Å². The predicted molar refractivity (Wildman–Crippen MR) is 67.8 cm³/mol. The molecule has 2 atom stereocenters. The van der Waals surface area contributed by atoms with Gasteiger partial charge in [-0.2, -0.15) is 0 Å². The molecule has 0 aliphatic rings. The molecule has 0 aliphatic carbocycles. The summed E-state index contributed by atoms with van der Waals surface area (Å²) in [5, 5.41) is 5.68. The van der Waals surface area contributed by atoms with Crippen molar-refractivity contribution in [1.82, 2.24) is 5.32 Å². The standard InChI is InChI=1S/C11H18BrNS/c1-4-8(2)9(3)13-7-11-10(12)5-6-14-11/h5-6,8-9,13H,4,7H2,1-3H3. The summed E-state index contributed by atoms with van der Waals surface area (Å²) in [7, 11) is 0. The fraction of sp³-hybridized carbons (Fsp3) is 0.636. The van der Waals surface area contributed by atoms with Crippen LogP contribution in [0, 0.1) is 5.92 Å². The third-order valence-corrected chi connectivity index (χ3v) is 4.70. The number of nitrogens with one attached hydrogen (secondary N) is 1. The zero-order valence-electron chi connectivity index (χ0n) is 9.01. The fourth-order valence-corrected chi connectivity index (χ4v) is 2.70. The Morgan fingerprint density at radius 1 is 1.50 bits per heavy atom. The van der Waals surface area contributed by atoms with E-state index in [1.165, 1.54) is 15.8 Å². The van der Waals surface area contributed by atoms with Crippen molar-refractivity contribution in [3.05, 3.63) is 20.8 Å². The molecule has 0 saturated carbocycles. The van der Waals surface area contributed by atoms with E-state index in [-0.39, 0.29) is 0 Å². The summed E-state index contributed by atoms with van der Waals surface area (Å²) in [5.74, 6) is 0.744. The molecule has 1 nitrogen and oxygen atoms in total. The van der Waals surface area contributed by atoms with Crippen molar-refractivity contribution >= 4 is 27.3 Å². The Kier molecular flexibility index (Phi) is 5.13. The first-order chi connectivity index (χ1) is 6.65. The molecule has 1 N–H and O–H groups in total. The molecule has 80 valence electrons. The lowest BCUT2D eigenvalue weighted by Gasteiger charge is -2.19. The van der Waals surface area contributed by atoms with Crippen LogP contribution in [0.3, 0.4) is 0 Å². The molecule has 0 radical (unpaired) electrons. The molecule has 0 aromatic carbocycles. The molecule has 0 spiro atoms. The van der Waals surface area contributed by atoms with Gasteiger partial charge in [0.1, 0.15) is 0 Å². The monoisotopic (exact) mass is 275 g/mol. The molecule has 0 bridgehead atoms. The zero-order valence-corrected chi connectivity index (χ0v) is 11.4. The highest BCUT2D eigenvalue weighted by molar-refractivity contribution is 9.10. The largest absolute Gasteiger partial charge is 0.309 e. The van der Waals surface area contributed by atoms with E-state index in [0.717, 1.165) is 12.5 Å². The first-order valence-corrected chi connectivity index (χ1v) is 6.77. The molecular formula is C11H18BrNS. The van der Waals surface area contributed by atoms with E-state index in [1.54, 1.807) is 11.3 Å². The van der Waals surface area contributed by atoms with Crippen LogP contribution in [0.1, 0.15) is 32.1 Å². The smallest absolute Gasteiger partial charge is 0.0327 e. The van der Waals surface area contributed by atoms with E-state index < -0.39 is 0 Å². The Labute approximate surface area is 99.0 Å². The summed E-state index contributed by atoms with van der Waals surface area (Å²) in [5.41, 5.74) is 0. The van der Waals surface area contributed by atoms with Gasteiger partial charge in [0, 0.05) is 21.9 Å². The van der Waals surface area contributed by atoms with Crippen molar-refractivity contribution in [3.63, 3.8) is 0 Å². The van der Waals surface area contributed by atoms with Crippen LogP contribution in [-0.2, 0) is 6.54 Å². The normalized spacial score (nSPS) is 15.4. The van der Waals surface area contributed by atoms with E-state index >= 15 is 0 Å². The average molecular weight is 276 g/mol. The topological polar surface area (TPSA) is 12.0 Å². The second-order valence-electron chi connectivity index (χ2n) is 3.75. The van der Waals surface area contributed by atoms with Crippen molar-refractivity contribution in [2.24, 2.45) is 5.92 Å². The first kappa shape index (κ1) is 12.2. The molecule has 1 aromatic heterocycles. The molecule has 1 rings (SSSR count). The molecule has 3 heteroatoms. The van der Waals surface area contributed by atoms with Gasteiger partial charge in [0.05, 0.1) is 0 Å². The van der Waals surface area contributed by atoms with Crippen LogP contribution in [0.5, 0.6) is 0 Å². The average Bonchev–Trinajstić information content (AvgIpc) is 2.59. The van der Waals surface area contributed by atoms with E-state index in [1.807, 2.05) is 0 Å². The lowest BCUT2D eigenvalue weighted by atomic mass is 10.0. The molecule has 1 aromatic rings. The first-order valence-electron chi connectivity index (χ1n) is 5.10. The molecule has 0 fully saturated rings. The van der Waals surface area contributed by atoms with Gasteiger partial charge < -0.3 is 5.32 Å². The van der Waals surface area contributed by atoms with E-state index in [2.05, 4.69) is 53.5 Å². The minimum Gasteiger partial charge on any atom is -0.309 e. The van der Waals surface area contributed by atoms with Gasteiger partial charge in [-0.3, -0.25) is 0 Å². The Morgan fingerprint density at radius 3 is 2.71 bits per heavy atom. The summed E-state index contributed by atoms with van der Waals surface area (Å²) in [6, 6.07) is 2.70. The molecule has 0 saturated heterocycles. The highest BCUT2D eigenvalue weighted by Gasteiger charge is 2.10. The molecule has 14 heavy (non-hydrogen) atoms. The summed E-state index contributed by atoms with van der Waals surface area (Å²) in [6.07, 6.45) is 1.24. The highest BCUT2D eigenvalue weighted by Crippen LogP contribution is 2.22. The van der Waals surface area contributed by atoms with E-state index in [9.17, 15) is 0 Å². The second-order valence-corrected chi connectivity index (χ2v) is 5.60. The third-order valence-electron chi connectivity index (χ3n) is 2.77. The lowest BCUT2D eigenvalue weighted by molar-refractivity contribution is 0.390. The number of hydrogen-bond acceptors (Lipinski definition) is 2. The van der Waals surface area contributed by atoms with Crippen LogP contribution in [0.15, 0.2) is 15.9 Å². The number of rotatable bonds is 5. The minimum atomic E-state index is 0.592. The van der Waals surface area contributed by atoms with Crippen molar-refractivity contribution < 1.29 is 0 Å². The van der Waals surface area contributed by atoms with Crippen LogP contribution >= 0.6 is 27.3 Å². The molecule has 0 aliphatic heterocycles. The Bertz CT molecular complexity index is 272. The summed E-state index contributed by atoms with van der Waals surface area (Å²) in [4.78, 5) is 1.39. The van der Waals surface area contributed by atoms with Crippen LogP contribution in [0.2, 0.25) is 0 Å². The number of thiophene rings is 1. The summed E-state index contributed by atoms with van der Waals surface area (Å²) < 4.78 is 1.23. The highest BCUT2D eigenvalue weighted by atomic mass is 79.9. The Balaban J connectivity index is 2.37. The van der Waals surface area contributed by atoms with Gasteiger partial charge >= 0.3 is 0 Å². The molecule has 2 unspecified atom stereocenters. The van der Waals surface area contributed by atoms with Gasteiger partial charge in [-0.25, -0.2) is 0 Å². The minimum absolute atomic E-state index is 0.592. The lowest BCUT2D eigenvalue weighted by Crippen LogP contribution is -2.31. The Hall–Kier alpha value is 0.140. The maximum Gasteiger partial charge on any atom is 0.0327 e. The van der Waals surface area contributed by atoms with Crippen LogP contribution in [-0.4, -0.2) is 6.04 Å². The van der Waals surface area contributed by atoms with Crippen LogP contribution < -0.4 is 5.32 Å². The van der Waals surface area contributed by atoms with Gasteiger partial charge in [0.2, 0.25) is 0 Å². The molecule has 1 heterocycles. The maximum absolute atomic E-state index is 3.56. The predicted octanol–water partition coefficient (Wildman–Crippen LogP) is 4.03. The second kappa shape index (κ2) is 5.89. The Morgan fingerprint density at radius 2 is 2.21 bits per heavy atom. The van der Waals surface area contributed by atoms with Gasteiger partial charge in [0.15, 0.2) is 0 Å². The van der Waals surface area contributed by atoms with Crippen LogP contribution in [0.4, 0.5) is 0 Å². The SMILES string of the molecule is CCC(C)C(C)NCc1sccc1Br. The third kappa shape index (κ3) is 3.37. The number of hydrogen-bond donors (Lipinski definition) is 1. The fourth-order valence-electron chi connectivity index (χ4n) is 1.26. The van der Waals surface area contributed by atoms with E-state index in [0.29, 0.717) is 6.04 Å². The van der Waals surface area contributed by atoms with Gasteiger partial charge in [-0.1, -0.05) is 20.3 Å². The van der Waals surface area contributed by atoms with Gasteiger partial charge in [-0.15, -0.1) is 11.3 Å². The zero-order chi connectivity index (χ0) is 10.6. The molecule has 0 amide bonds. The maximum atomic E-state index is 3.56. The van der Waals surface area contributed by atoms with Crippen molar-refractivity contribution in [2.45, 2.75) is 39.8 Å². The van der Waals surface area contributed by atoms with Gasteiger partial charge in [-0.05, 0) is 40.2 Å². The quantitative estimate of drug-likeness (QED) is 0.856. The van der Waals surface area contributed by atoms with Crippen LogP contribution in [0.25, 0.3) is 0 Å². The number of halogens is 1. The molecular weight excluding hydrogens is 258 g/mol. The summed E-state index contributed by atoms with van der Waals surface area (Å²) >= 11 is 5.34. The summed E-state index contributed by atoms with van der Waals surface area (Å²) in [6.45, 7) is 7.77.